The van der Waals surface area contributed by atoms with E-state index in [0.29, 0.717) is 36.0 Å². The number of alkyl halides is 3. The molecule has 1 heterocycles. The number of ether oxygens (including phenoxy) is 1. The second kappa shape index (κ2) is 4.93. The van der Waals surface area contributed by atoms with E-state index in [0.717, 1.165) is 37.7 Å². The summed E-state index contributed by atoms with van der Waals surface area (Å²) in [5, 5.41) is 0. The predicted octanol–water partition coefficient (Wildman–Crippen LogP) is 4.91. The van der Waals surface area contributed by atoms with Crippen LogP contribution in [0.25, 0.3) is 0 Å². The van der Waals surface area contributed by atoms with Gasteiger partial charge in [-0.05, 0) is 78.9 Å². The Labute approximate surface area is 145 Å². The highest BCUT2D eigenvalue weighted by Gasteiger charge is 2.62. The molecule has 4 aliphatic rings. The minimum absolute atomic E-state index is 0.128. The monoisotopic (exact) mass is 351 g/mol. The van der Waals surface area contributed by atoms with Crippen molar-refractivity contribution in [3.63, 3.8) is 0 Å². The van der Waals surface area contributed by atoms with Crippen LogP contribution in [0.4, 0.5) is 18.9 Å². The molecular formula is C20H24F3NO. The van der Waals surface area contributed by atoms with Gasteiger partial charge in [-0.3, -0.25) is 0 Å². The highest BCUT2D eigenvalue weighted by molar-refractivity contribution is 5.57. The molecule has 0 radical (unpaired) electrons. The number of nitrogens with two attached hydrogens (primary N) is 1. The first kappa shape index (κ1) is 16.0. The van der Waals surface area contributed by atoms with Crippen molar-refractivity contribution < 1.29 is 17.9 Å². The van der Waals surface area contributed by atoms with Gasteiger partial charge in [0.25, 0.3) is 0 Å². The van der Waals surface area contributed by atoms with Gasteiger partial charge in [0.1, 0.15) is 0 Å². The first-order valence-electron chi connectivity index (χ1n) is 9.44. The molecule has 3 fully saturated rings. The zero-order valence-electron chi connectivity index (χ0n) is 14.4. The van der Waals surface area contributed by atoms with Crippen molar-refractivity contribution in [2.24, 2.45) is 17.3 Å². The van der Waals surface area contributed by atoms with E-state index in [-0.39, 0.29) is 17.0 Å². The molecule has 136 valence electrons. The van der Waals surface area contributed by atoms with Gasteiger partial charge in [-0.25, -0.2) is 0 Å². The zero-order chi connectivity index (χ0) is 17.6. The summed E-state index contributed by atoms with van der Waals surface area (Å²) in [6, 6.07) is 3.34. The van der Waals surface area contributed by atoms with Gasteiger partial charge in [-0.15, -0.1) is 0 Å². The lowest BCUT2D eigenvalue weighted by molar-refractivity contribution is -0.137. The normalized spacial score (nSPS) is 42.0. The standard InChI is InChI=1S/C20H24F3NO/c1-19-9-8-11-10-4-6-15(24)17(20(21,22)23)13(10)3-2-12(11)14(19)5-7-16-18(19)25-16/h4,6,11-12,14,16,18H,2-3,5,7-9,24H2,1H3/t11-,12?,14+,16?,18?,19+/m1/s1. The van der Waals surface area contributed by atoms with Crippen LogP contribution in [0.2, 0.25) is 0 Å². The summed E-state index contributed by atoms with van der Waals surface area (Å²) >= 11 is 0. The maximum absolute atomic E-state index is 13.6. The van der Waals surface area contributed by atoms with Crippen molar-refractivity contribution >= 4 is 5.69 Å². The van der Waals surface area contributed by atoms with E-state index in [9.17, 15) is 13.2 Å². The van der Waals surface area contributed by atoms with Crippen LogP contribution in [0.3, 0.4) is 0 Å². The van der Waals surface area contributed by atoms with Crippen LogP contribution in [-0.4, -0.2) is 12.2 Å². The van der Waals surface area contributed by atoms with E-state index in [4.69, 9.17) is 10.5 Å². The number of hydrogen-bond acceptors (Lipinski definition) is 2. The molecule has 0 bridgehead atoms. The van der Waals surface area contributed by atoms with Crippen molar-refractivity contribution in [3.05, 3.63) is 28.8 Å². The average molecular weight is 351 g/mol. The van der Waals surface area contributed by atoms with E-state index < -0.39 is 11.7 Å². The van der Waals surface area contributed by atoms with E-state index in [2.05, 4.69) is 6.92 Å². The minimum atomic E-state index is -4.37. The van der Waals surface area contributed by atoms with Crippen LogP contribution in [-0.2, 0) is 17.3 Å². The Morgan fingerprint density at radius 1 is 1.16 bits per heavy atom. The molecular weight excluding hydrogens is 327 g/mol. The number of fused-ring (bicyclic) bond motifs is 7. The summed E-state index contributed by atoms with van der Waals surface area (Å²) in [7, 11) is 0. The van der Waals surface area contributed by atoms with Crippen LogP contribution in [0.15, 0.2) is 12.1 Å². The molecule has 25 heavy (non-hydrogen) atoms. The van der Waals surface area contributed by atoms with Gasteiger partial charge in [-0.1, -0.05) is 13.0 Å². The van der Waals surface area contributed by atoms with Crippen LogP contribution in [0.5, 0.6) is 0 Å². The summed E-state index contributed by atoms with van der Waals surface area (Å²) in [6.07, 6.45) is 2.14. The topological polar surface area (TPSA) is 38.5 Å². The highest BCUT2D eigenvalue weighted by atomic mass is 19.4. The first-order valence-corrected chi connectivity index (χ1v) is 9.44. The molecule has 5 heteroatoms. The number of halogens is 3. The lowest BCUT2D eigenvalue weighted by Gasteiger charge is -2.53. The average Bonchev–Trinajstić information content (AvgIpc) is 3.33. The number of nitrogen functional groups attached to an aromatic ring is 1. The second-order valence-electron chi connectivity index (χ2n) is 8.73. The third-order valence-electron chi connectivity index (χ3n) is 7.66. The van der Waals surface area contributed by atoms with Crippen molar-refractivity contribution in [3.8, 4) is 0 Å². The molecule has 2 N–H and O–H groups in total. The van der Waals surface area contributed by atoms with Crippen molar-refractivity contribution in [2.75, 3.05) is 5.73 Å². The van der Waals surface area contributed by atoms with Gasteiger partial charge >= 0.3 is 6.18 Å². The molecule has 1 aromatic rings. The maximum atomic E-state index is 13.6. The summed E-state index contributed by atoms with van der Waals surface area (Å²) < 4.78 is 46.6. The smallest absolute Gasteiger partial charge is 0.398 e. The largest absolute Gasteiger partial charge is 0.418 e. The molecule has 2 saturated carbocycles. The Morgan fingerprint density at radius 2 is 1.96 bits per heavy atom. The van der Waals surface area contributed by atoms with Crippen LogP contribution in [0.1, 0.15) is 61.6 Å². The number of anilines is 1. The molecule has 1 aliphatic heterocycles. The zero-order valence-corrected chi connectivity index (χ0v) is 14.4. The third kappa shape index (κ3) is 2.14. The van der Waals surface area contributed by atoms with E-state index in [1.54, 1.807) is 0 Å². The Balaban J connectivity index is 1.55. The second-order valence-corrected chi connectivity index (χ2v) is 8.73. The molecule has 5 rings (SSSR count). The van der Waals surface area contributed by atoms with Gasteiger partial charge < -0.3 is 10.5 Å². The molecule has 6 atom stereocenters. The van der Waals surface area contributed by atoms with Gasteiger partial charge in [0.15, 0.2) is 0 Å². The van der Waals surface area contributed by atoms with Crippen molar-refractivity contribution in [1.29, 1.82) is 0 Å². The summed E-state index contributed by atoms with van der Waals surface area (Å²) in [5.41, 5.74) is 6.61. The van der Waals surface area contributed by atoms with Crippen molar-refractivity contribution in [1.82, 2.24) is 0 Å². The van der Waals surface area contributed by atoms with Gasteiger partial charge in [-0.2, -0.15) is 13.2 Å². The van der Waals surface area contributed by atoms with E-state index in [1.165, 1.54) is 6.07 Å². The molecule has 1 saturated heterocycles. The molecule has 2 nitrogen and oxygen atoms in total. The molecule has 0 amide bonds. The summed E-state index contributed by atoms with van der Waals surface area (Å²) in [4.78, 5) is 0. The Bertz CT molecular complexity index is 730. The van der Waals surface area contributed by atoms with Crippen LogP contribution < -0.4 is 5.73 Å². The third-order valence-corrected chi connectivity index (χ3v) is 7.66. The summed E-state index contributed by atoms with van der Waals surface area (Å²) in [6.45, 7) is 2.36. The van der Waals surface area contributed by atoms with Gasteiger partial charge in [0.05, 0.1) is 17.8 Å². The molecule has 3 aliphatic carbocycles. The molecule has 0 aromatic heterocycles. The molecule has 1 aromatic carbocycles. The first-order chi connectivity index (χ1) is 11.8. The lowest BCUT2D eigenvalue weighted by atomic mass is 9.50. The van der Waals surface area contributed by atoms with Crippen molar-refractivity contribution in [2.45, 2.75) is 69.8 Å². The minimum Gasteiger partial charge on any atom is -0.398 e. The predicted molar refractivity (Wildman–Crippen MR) is 89.1 cm³/mol. The Kier molecular flexibility index (Phi) is 3.15. The Hall–Kier alpha value is -1.23. The maximum Gasteiger partial charge on any atom is 0.418 e. The fourth-order valence-corrected chi connectivity index (χ4v) is 6.55. The fraction of sp³-hybridized carbons (Fsp3) is 0.700. The highest BCUT2D eigenvalue weighted by Crippen LogP contribution is 2.64. The number of hydrogen-bond donors (Lipinski definition) is 1. The Morgan fingerprint density at radius 3 is 2.72 bits per heavy atom. The lowest BCUT2D eigenvalue weighted by Crippen LogP contribution is -2.48. The van der Waals surface area contributed by atoms with E-state index in [1.807, 2.05) is 6.07 Å². The molecule has 3 unspecified atom stereocenters. The van der Waals surface area contributed by atoms with Gasteiger partial charge in [0, 0.05) is 5.69 Å². The van der Waals surface area contributed by atoms with E-state index >= 15 is 0 Å². The van der Waals surface area contributed by atoms with Crippen LogP contribution in [0, 0.1) is 17.3 Å². The van der Waals surface area contributed by atoms with Gasteiger partial charge in [0.2, 0.25) is 0 Å². The van der Waals surface area contributed by atoms with Crippen LogP contribution >= 0.6 is 0 Å². The molecule has 0 spiro atoms. The SMILES string of the molecule is C[C@]12CC[C@@H]3c4ccc(N)c(C(F)(F)F)c4CCC3[C@@H]1CCC1OC12. The summed E-state index contributed by atoms with van der Waals surface area (Å²) in [5.74, 6) is 1.31. The number of epoxide rings is 1. The quantitative estimate of drug-likeness (QED) is 0.533. The number of rotatable bonds is 0. The number of benzene rings is 1. The fourth-order valence-electron chi connectivity index (χ4n) is 6.55.